The number of nitrogens with two attached hydrogens (primary N) is 1. The Morgan fingerprint density at radius 2 is 1.48 bits per heavy atom. The van der Waals surface area contributed by atoms with Crippen LogP contribution in [0.3, 0.4) is 0 Å². The Balaban J connectivity index is 1.42. The van der Waals surface area contributed by atoms with Crippen molar-refractivity contribution in [3.05, 3.63) is 28.8 Å². The average molecular weight is 370 g/mol. The van der Waals surface area contributed by atoms with Crippen molar-refractivity contribution in [1.29, 1.82) is 0 Å². The van der Waals surface area contributed by atoms with E-state index in [0.717, 1.165) is 34.6 Å². The van der Waals surface area contributed by atoms with E-state index >= 15 is 0 Å². The van der Waals surface area contributed by atoms with Crippen LogP contribution in [0.15, 0.2) is 12.1 Å². The molecule has 0 aliphatic heterocycles. The predicted octanol–water partition coefficient (Wildman–Crippen LogP) is 4.11. The van der Waals surface area contributed by atoms with Gasteiger partial charge in [0.15, 0.2) is 6.04 Å². The fourth-order valence-electron chi connectivity index (χ4n) is 7.07. The first-order valence-electron chi connectivity index (χ1n) is 11.0. The van der Waals surface area contributed by atoms with E-state index in [-0.39, 0.29) is 11.9 Å². The van der Waals surface area contributed by atoms with E-state index in [2.05, 4.69) is 57.4 Å². The Kier molecular flexibility index (Phi) is 4.86. The first kappa shape index (κ1) is 19.0. The number of hydrogen-bond donors (Lipinski definition) is 2. The van der Waals surface area contributed by atoms with Crippen LogP contribution in [0.5, 0.6) is 0 Å². The molecule has 3 nitrogen and oxygen atoms in total. The second-order valence-electron chi connectivity index (χ2n) is 10.3. The molecule has 4 saturated carbocycles. The van der Waals surface area contributed by atoms with Crippen LogP contribution in [0.25, 0.3) is 0 Å². The summed E-state index contributed by atoms with van der Waals surface area (Å²) in [5.41, 5.74) is 5.04. The standard InChI is InChI=1S/C24H36N2O/c1-14-6-15(2)22(16(3)7-14)26-23(27)17(4)25-18(5)24-11-19-8-20(12-24)10-21(9-19)13-24/h6-7,17-21,25H,8-13H2,1-5H3,(H,26,27)/p+1/t17-,18+,19?,20?,21?,24?/m1/s1. The molecule has 148 valence electrons. The van der Waals surface area contributed by atoms with Gasteiger partial charge in [0, 0.05) is 11.1 Å². The van der Waals surface area contributed by atoms with E-state index in [9.17, 15) is 4.79 Å². The lowest BCUT2D eigenvalue weighted by Gasteiger charge is -2.58. The van der Waals surface area contributed by atoms with Crippen LogP contribution in [0.2, 0.25) is 0 Å². The lowest BCUT2D eigenvalue weighted by molar-refractivity contribution is -0.718. The van der Waals surface area contributed by atoms with E-state index in [1.54, 1.807) is 0 Å². The number of quaternary nitrogens is 1. The molecular weight excluding hydrogens is 332 g/mol. The van der Waals surface area contributed by atoms with Crippen molar-refractivity contribution in [3.8, 4) is 0 Å². The molecule has 4 fully saturated rings. The van der Waals surface area contributed by atoms with Crippen molar-refractivity contribution >= 4 is 11.6 Å². The van der Waals surface area contributed by atoms with Crippen molar-refractivity contribution in [2.24, 2.45) is 23.2 Å². The highest BCUT2D eigenvalue weighted by Gasteiger charge is 2.54. The summed E-state index contributed by atoms with van der Waals surface area (Å²) < 4.78 is 0. The van der Waals surface area contributed by atoms with E-state index in [1.807, 2.05) is 0 Å². The summed E-state index contributed by atoms with van der Waals surface area (Å²) in [6, 6.07) is 4.78. The molecule has 0 radical (unpaired) electrons. The molecule has 0 aromatic heterocycles. The lowest BCUT2D eigenvalue weighted by atomic mass is 9.48. The van der Waals surface area contributed by atoms with Crippen molar-refractivity contribution in [2.45, 2.75) is 85.2 Å². The SMILES string of the molecule is Cc1cc(C)c(NC(=O)[C@@H](C)[NH2+][C@@H](C)C23CC4CC(CC(C4)C2)C3)c(C)c1. The Bertz CT molecular complexity index is 680. The van der Waals surface area contributed by atoms with Gasteiger partial charge in [0.2, 0.25) is 0 Å². The number of aryl methyl sites for hydroxylation is 3. The number of anilines is 1. The number of nitrogens with one attached hydrogen (secondary N) is 1. The Hall–Kier alpha value is -1.35. The molecule has 3 heteroatoms. The van der Waals surface area contributed by atoms with Crippen LogP contribution < -0.4 is 10.6 Å². The molecular formula is C24H37N2O+. The molecule has 5 rings (SSSR count). The van der Waals surface area contributed by atoms with Gasteiger partial charge in [0.05, 0.1) is 6.04 Å². The molecule has 4 bridgehead atoms. The topological polar surface area (TPSA) is 45.7 Å². The zero-order valence-electron chi connectivity index (χ0n) is 17.8. The maximum atomic E-state index is 12.9. The van der Waals surface area contributed by atoms with Gasteiger partial charge in [0.25, 0.3) is 5.91 Å². The lowest BCUT2D eigenvalue weighted by Crippen LogP contribution is -2.98. The summed E-state index contributed by atoms with van der Waals surface area (Å²) in [6.07, 6.45) is 8.65. The van der Waals surface area contributed by atoms with E-state index < -0.39 is 0 Å². The maximum Gasteiger partial charge on any atom is 0.282 e. The van der Waals surface area contributed by atoms with Gasteiger partial charge in [0.1, 0.15) is 0 Å². The largest absolute Gasteiger partial charge is 0.334 e. The van der Waals surface area contributed by atoms with Crippen molar-refractivity contribution in [3.63, 3.8) is 0 Å². The number of amides is 1. The van der Waals surface area contributed by atoms with E-state index in [4.69, 9.17) is 0 Å². The maximum absolute atomic E-state index is 12.9. The molecule has 0 unspecified atom stereocenters. The van der Waals surface area contributed by atoms with Crippen LogP contribution in [-0.4, -0.2) is 18.0 Å². The molecule has 0 heterocycles. The van der Waals surface area contributed by atoms with Gasteiger partial charge in [-0.2, -0.15) is 0 Å². The second-order valence-corrected chi connectivity index (χ2v) is 10.3. The first-order valence-corrected chi connectivity index (χ1v) is 11.0. The summed E-state index contributed by atoms with van der Waals surface area (Å²) in [5.74, 6) is 3.04. The number of benzene rings is 1. The van der Waals surface area contributed by atoms with E-state index in [0.29, 0.717) is 11.5 Å². The minimum Gasteiger partial charge on any atom is -0.334 e. The third-order valence-corrected chi connectivity index (χ3v) is 7.97. The van der Waals surface area contributed by atoms with Crippen LogP contribution in [0.4, 0.5) is 5.69 Å². The Morgan fingerprint density at radius 3 is 1.96 bits per heavy atom. The van der Waals surface area contributed by atoms with Gasteiger partial charge in [-0.15, -0.1) is 0 Å². The number of carbonyl (C=O) groups excluding carboxylic acids is 1. The van der Waals surface area contributed by atoms with Gasteiger partial charge >= 0.3 is 0 Å². The fraction of sp³-hybridized carbons (Fsp3) is 0.708. The molecule has 4 aliphatic rings. The highest BCUT2D eigenvalue weighted by atomic mass is 16.2. The third-order valence-electron chi connectivity index (χ3n) is 7.97. The highest BCUT2D eigenvalue weighted by molar-refractivity contribution is 5.95. The summed E-state index contributed by atoms with van der Waals surface area (Å²) >= 11 is 0. The van der Waals surface area contributed by atoms with Crippen LogP contribution in [0, 0.1) is 43.9 Å². The van der Waals surface area contributed by atoms with E-state index in [1.165, 1.54) is 44.1 Å². The number of carbonyl (C=O) groups is 1. The number of hydrogen-bond acceptors (Lipinski definition) is 1. The molecule has 2 atom stereocenters. The van der Waals surface area contributed by atoms with Gasteiger partial charge in [-0.3, -0.25) is 4.79 Å². The molecule has 3 N–H and O–H groups in total. The molecule has 27 heavy (non-hydrogen) atoms. The summed E-state index contributed by atoms with van der Waals surface area (Å²) in [5, 5.41) is 5.58. The molecule has 1 aromatic rings. The zero-order valence-corrected chi connectivity index (χ0v) is 17.8. The third kappa shape index (κ3) is 3.55. The highest BCUT2D eigenvalue weighted by Crippen LogP contribution is 2.60. The molecule has 4 aliphatic carbocycles. The quantitative estimate of drug-likeness (QED) is 0.806. The van der Waals surface area contributed by atoms with Crippen molar-refractivity contribution in [2.75, 3.05) is 5.32 Å². The van der Waals surface area contributed by atoms with Gasteiger partial charge in [-0.05, 0) is 102 Å². The monoisotopic (exact) mass is 369 g/mol. The average Bonchev–Trinajstić information content (AvgIpc) is 2.56. The minimum atomic E-state index is -0.0480. The normalized spacial score (nSPS) is 33.7. The molecule has 0 saturated heterocycles. The van der Waals surface area contributed by atoms with Crippen LogP contribution >= 0.6 is 0 Å². The Morgan fingerprint density at radius 1 is 1.00 bits per heavy atom. The minimum absolute atomic E-state index is 0.0480. The van der Waals surface area contributed by atoms with Crippen molar-refractivity contribution in [1.82, 2.24) is 0 Å². The van der Waals surface area contributed by atoms with Crippen LogP contribution in [-0.2, 0) is 4.79 Å². The zero-order chi connectivity index (χ0) is 19.3. The fourth-order valence-corrected chi connectivity index (χ4v) is 7.07. The molecule has 1 amide bonds. The summed E-state index contributed by atoms with van der Waals surface area (Å²) in [4.78, 5) is 12.9. The van der Waals surface area contributed by atoms with Crippen LogP contribution in [0.1, 0.15) is 69.1 Å². The molecule has 0 spiro atoms. The first-order chi connectivity index (χ1) is 12.8. The molecule has 1 aromatic carbocycles. The second kappa shape index (κ2) is 6.92. The summed E-state index contributed by atoms with van der Waals surface area (Å²) in [6.45, 7) is 10.7. The van der Waals surface area contributed by atoms with Gasteiger partial charge in [-0.1, -0.05) is 17.7 Å². The smallest absolute Gasteiger partial charge is 0.282 e. The van der Waals surface area contributed by atoms with Gasteiger partial charge in [-0.25, -0.2) is 0 Å². The summed E-state index contributed by atoms with van der Waals surface area (Å²) in [7, 11) is 0. The Labute approximate surface area is 164 Å². The predicted molar refractivity (Wildman–Crippen MR) is 111 cm³/mol. The van der Waals surface area contributed by atoms with Gasteiger partial charge < -0.3 is 10.6 Å². The van der Waals surface area contributed by atoms with Crippen molar-refractivity contribution < 1.29 is 10.1 Å². The number of rotatable bonds is 5.